The van der Waals surface area contributed by atoms with Crippen molar-refractivity contribution >= 4 is 23.2 Å². The first-order valence-electron chi connectivity index (χ1n) is 6.96. The van der Waals surface area contributed by atoms with E-state index in [0.717, 1.165) is 30.2 Å². The molecule has 3 rings (SSSR count). The molecule has 0 radical (unpaired) electrons. The molecule has 0 aromatic heterocycles. The summed E-state index contributed by atoms with van der Waals surface area (Å²) >= 11 is 6.00. The van der Waals surface area contributed by atoms with Gasteiger partial charge >= 0.3 is 0 Å². The Morgan fingerprint density at radius 1 is 1.35 bits per heavy atom. The molecule has 1 amide bonds. The number of nitrogens with one attached hydrogen (secondary N) is 1. The number of hydrogen-bond acceptors (Lipinski definition) is 2. The molecule has 0 saturated heterocycles. The molecule has 2 fully saturated rings. The molecule has 2 saturated carbocycles. The number of benzene rings is 1. The first-order valence-corrected chi connectivity index (χ1v) is 7.34. The molecular weight excluding hydrogens is 272 g/mol. The molecule has 0 spiro atoms. The van der Waals surface area contributed by atoms with E-state index < -0.39 is 0 Å². The number of carbonyl (C=O) groups is 1. The lowest BCUT2D eigenvalue weighted by Gasteiger charge is -2.13. The predicted octanol–water partition coefficient (Wildman–Crippen LogP) is 2.63. The van der Waals surface area contributed by atoms with Crippen molar-refractivity contribution in [3.63, 3.8) is 0 Å². The van der Waals surface area contributed by atoms with E-state index in [1.807, 2.05) is 6.07 Å². The van der Waals surface area contributed by atoms with E-state index in [2.05, 4.69) is 17.2 Å². The highest BCUT2D eigenvalue weighted by atomic mass is 35.5. The van der Waals surface area contributed by atoms with Crippen LogP contribution in [0.4, 0.5) is 5.69 Å². The van der Waals surface area contributed by atoms with Crippen LogP contribution in [-0.4, -0.2) is 12.5 Å². The fraction of sp³-hybridized carbons (Fsp3) is 0.438. The van der Waals surface area contributed by atoms with Crippen LogP contribution in [-0.2, 0) is 4.79 Å². The van der Waals surface area contributed by atoms with Crippen LogP contribution < -0.4 is 11.1 Å². The zero-order chi connectivity index (χ0) is 14.1. The SMILES string of the molecule is NCC#Cc1ccc(Cl)cc1NC(=O)C1CC2CC2C1. The van der Waals surface area contributed by atoms with Crippen LogP contribution in [0.2, 0.25) is 5.02 Å². The second-order valence-corrected chi connectivity index (χ2v) is 6.05. The van der Waals surface area contributed by atoms with Crippen LogP contribution in [0.3, 0.4) is 0 Å². The zero-order valence-corrected chi connectivity index (χ0v) is 11.9. The second kappa shape index (κ2) is 5.47. The molecule has 3 nitrogen and oxygen atoms in total. The molecule has 2 aliphatic carbocycles. The standard InChI is InChI=1S/C16H17ClN2O/c17-14-4-3-10(2-1-5-18)15(9-14)19-16(20)13-7-11-6-12(11)8-13/h3-4,9,11-13H,5-8,18H2,(H,19,20). The summed E-state index contributed by atoms with van der Waals surface area (Å²) in [6.45, 7) is 0.294. The number of anilines is 1. The van der Waals surface area contributed by atoms with Crippen LogP contribution in [0.25, 0.3) is 0 Å². The molecule has 0 aliphatic heterocycles. The molecule has 2 atom stereocenters. The minimum Gasteiger partial charge on any atom is -0.325 e. The summed E-state index contributed by atoms with van der Waals surface area (Å²) in [5.41, 5.74) is 6.84. The smallest absolute Gasteiger partial charge is 0.227 e. The third kappa shape index (κ3) is 2.82. The second-order valence-electron chi connectivity index (χ2n) is 5.61. The number of halogens is 1. The lowest BCUT2D eigenvalue weighted by atomic mass is 10.0. The van der Waals surface area contributed by atoms with E-state index in [1.54, 1.807) is 12.1 Å². The highest BCUT2D eigenvalue weighted by Gasteiger charge is 2.48. The molecule has 1 aromatic rings. The van der Waals surface area contributed by atoms with Crippen LogP contribution in [0.1, 0.15) is 24.8 Å². The molecule has 2 aliphatic rings. The van der Waals surface area contributed by atoms with Crippen molar-refractivity contribution in [3.05, 3.63) is 28.8 Å². The van der Waals surface area contributed by atoms with E-state index in [-0.39, 0.29) is 11.8 Å². The third-order valence-electron chi connectivity index (χ3n) is 4.18. The zero-order valence-electron chi connectivity index (χ0n) is 11.2. The Morgan fingerprint density at radius 3 is 2.80 bits per heavy atom. The maximum absolute atomic E-state index is 12.3. The van der Waals surface area contributed by atoms with Gasteiger partial charge in [-0.2, -0.15) is 0 Å². The Balaban J connectivity index is 1.75. The predicted molar refractivity (Wildman–Crippen MR) is 80.3 cm³/mol. The fourth-order valence-electron chi connectivity index (χ4n) is 3.04. The highest BCUT2D eigenvalue weighted by Crippen LogP contribution is 2.54. The van der Waals surface area contributed by atoms with Crippen LogP contribution in [0.15, 0.2) is 18.2 Å². The van der Waals surface area contributed by atoms with E-state index in [4.69, 9.17) is 17.3 Å². The van der Waals surface area contributed by atoms with E-state index in [9.17, 15) is 4.79 Å². The number of amides is 1. The Kier molecular flexibility index (Phi) is 3.69. The van der Waals surface area contributed by atoms with Crippen molar-refractivity contribution in [2.24, 2.45) is 23.5 Å². The van der Waals surface area contributed by atoms with Crippen molar-refractivity contribution in [2.45, 2.75) is 19.3 Å². The summed E-state index contributed by atoms with van der Waals surface area (Å²) in [7, 11) is 0. The lowest BCUT2D eigenvalue weighted by molar-refractivity contribution is -0.120. The Hall–Kier alpha value is -1.50. The summed E-state index contributed by atoms with van der Waals surface area (Å²) in [6.07, 6.45) is 3.37. The molecule has 20 heavy (non-hydrogen) atoms. The first-order chi connectivity index (χ1) is 9.67. The van der Waals surface area contributed by atoms with Gasteiger partial charge in [0.25, 0.3) is 0 Å². The van der Waals surface area contributed by atoms with E-state index >= 15 is 0 Å². The average molecular weight is 289 g/mol. The molecule has 104 valence electrons. The van der Waals surface area contributed by atoms with Gasteiger partial charge in [0.05, 0.1) is 12.2 Å². The van der Waals surface area contributed by atoms with Gasteiger partial charge in [0, 0.05) is 16.5 Å². The quantitative estimate of drug-likeness (QED) is 0.822. The number of carbonyl (C=O) groups excluding carboxylic acids is 1. The summed E-state index contributed by atoms with van der Waals surface area (Å²) < 4.78 is 0. The minimum absolute atomic E-state index is 0.0928. The highest BCUT2D eigenvalue weighted by molar-refractivity contribution is 6.31. The van der Waals surface area contributed by atoms with E-state index in [1.165, 1.54) is 6.42 Å². The van der Waals surface area contributed by atoms with Crippen molar-refractivity contribution in [3.8, 4) is 11.8 Å². The lowest BCUT2D eigenvalue weighted by Crippen LogP contribution is -2.22. The van der Waals surface area contributed by atoms with Crippen molar-refractivity contribution in [1.29, 1.82) is 0 Å². The fourth-order valence-corrected chi connectivity index (χ4v) is 3.21. The van der Waals surface area contributed by atoms with Gasteiger partial charge in [-0.25, -0.2) is 0 Å². The topological polar surface area (TPSA) is 55.1 Å². The summed E-state index contributed by atoms with van der Waals surface area (Å²) in [5, 5.41) is 3.57. The van der Waals surface area contributed by atoms with Gasteiger partial charge in [-0.15, -0.1) is 0 Å². The van der Waals surface area contributed by atoms with E-state index in [0.29, 0.717) is 17.3 Å². The Labute approximate surface area is 123 Å². The van der Waals surface area contributed by atoms with Gasteiger partial charge in [-0.05, 0) is 49.3 Å². The van der Waals surface area contributed by atoms with Crippen molar-refractivity contribution in [2.75, 3.05) is 11.9 Å². The molecule has 4 heteroatoms. The third-order valence-corrected chi connectivity index (χ3v) is 4.41. The van der Waals surface area contributed by atoms with Gasteiger partial charge in [0.2, 0.25) is 5.91 Å². The van der Waals surface area contributed by atoms with Gasteiger partial charge < -0.3 is 11.1 Å². The van der Waals surface area contributed by atoms with Crippen LogP contribution in [0.5, 0.6) is 0 Å². The molecule has 0 heterocycles. The Bertz CT molecular complexity index is 592. The molecule has 2 unspecified atom stereocenters. The van der Waals surface area contributed by atoms with Gasteiger partial charge in [0.15, 0.2) is 0 Å². The van der Waals surface area contributed by atoms with Gasteiger partial charge in [-0.1, -0.05) is 23.4 Å². The maximum Gasteiger partial charge on any atom is 0.227 e. The van der Waals surface area contributed by atoms with Gasteiger partial charge in [-0.3, -0.25) is 4.79 Å². The molecular formula is C16H17ClN2O. The molecule has 1 aromatic carbocycles. The normalized spacial score (nSPS) is 26.4. The monoisotopic (exact) mass is 288 g/mol. The number of nitrogens with two attached hydrogens (primary N) is 1. The van der Waals surface area contributed by atoms with Gasteiger partial charge in [0.1, 0.15) is 0 Å². The Morgan fingerprint density at radius 2 is 2.10 bits per heavy atom. The van der Waals surface area contributed by atoms with Crippen LogP contribution >= 0.6 is 11.6 Å². The largest absolute Gasteiger partial charge is 0.325 e. The van der Waals surface area contributed by atoms with Crippen LogP contribution in [0, 0.1) is 29.6 Å². The van der Waals surface area contributed by atoms with Crippen molar-refractivity contribution < 1.29 is 4.79 Å². The summed E-state index contributed by atoms with van der Waals surface area (Å²) in [6, 6.07) is 5.32. The minimum atomic E-state index is 0.0928. The average Bonchev–Trinajstić information content (AvgIpc) is 3.04. The number of rotatable bonds is 2. The number of fused-ring (bicyclic) bond motifs is 1. The summed E-state index contributed by atoms with van der Waals surface area (Å²) in [4.78, 5) is 12.3. The molecule has 3 N–H and O–H groups in total. The number of hydrogen-bond donors (Lipinski definition) is 2. The molecule has 0 bridgehead atoms. The van der Waals surface area contributed by atoms with Crippen molar-refractivity contribution in [1.82, 2.24) is 0 Å². The summed E-state index contributed by atoms with van der Waals surface area (Å²) in [5.74, 6) is 7.60. The first kappa shape index (κ1) is 13.5. The maximum atomic E-state index is 12.3.